The molecule has 0 unspecified atom stereocenters. The van der Waals surface area contributed by atoms with Gasteiger partial charge in [-0.3, -0.25) is 0 Å². The Morgan fingerprint density at radius 2 is 2.18 bits per heavy atom. The first-order chi connectivity index (χ1) is 10.5. The van der Waals surface area contributed by atoms with E-state index in [1.54, 1.807) is 18.8 Å². The summed E-state index contributed by atoms with van der Waals surface area (Å²) >= 11 is 1.66. The summed E-state index contributed by atoms with van der Waals surface area (Å²) in [7, 11) is 1.67. The maximum absolute atomic E-state index is 11.0. The van der Waals surface area contributed by atoms with Crippen LogP contribution in [0.4, 0.5) is 0 Å². The topological polar surface area (TPSA) is 42.4 Å². The molecule has 0 fully saturated rings. The molecule has 0 N–H and O–H groups in total. The number of hydrogen-bond donors (Lipinski definition) is 0. The summed E-state index contributed by atoms with van der Waals surface area (Å²) in [6, 6.07) is 0.269. The van der Waals surface area contributed by atoms with Gasteiger partial charge in [-0.05, 0) is 39.2 Å². The Morgan fingerprint density at radius 3 is 2.64 bits per heavy atom. The van der Waals surface area contributed by atoms with Crippen molar-refractivity contribution in [1.82, 2.24) is 9.79 Å². The first-order valence-corrected chi connectivity index (χ1v) is 8.99. The predicted molar refractivity (Wildman–Crippen MR) is 94.0 cm³/mol. The normalized spacial score (nSPS) is 14.3. The van der Waals surface area contributed by atoms with Crippen LogP contribution < -0.4 is 0 Å². The van der Waals surface area contributed by atoms with Crippen molar-refractivity contribution in [2.75, 3.05) is 13.2 Å². The summed E-state index contributed by atoms with van der Waals surface area (Å²) in [5, 5.41) is 3.10. The van der Waals surface area contributed by atoms with Crippen molar-refractivity contribution in [3.05, 3.63) is 16.1 Å². The van der Waals surface area contributed by atoms with Crippen LogP contribution in [-0.4, -0.2) is 42.6 Å². The minimum absolute atomic E-state index is 0.00416. The highest BCUT2D eigenvalue weighted by Gasteiger charge is 2.27. The number of nitrogens with zero attached hydrogens (tertiary/aromatic N) is 2. The Kier molecular flexibility index (Phi) is 8.90. The predicted octanol–water partition coefficient (Wildman–Crippen LogP) is 3.47. The van der Waals surface area contributed by atoms with Crippen LogP contribution in [0.2, 0.25) is 0 Å². The Morgan fingerprint density at radius 1 is 1.45 bits per heavy atom. The molecule has 4 nitrogen and oxygen atoms in total. The highest BCUT2D eigenvalue weighted by Crippen LogP contribution is 2.29. The fourth-order valence-corrected chi connectivity index (χ4v) is 3.52. The summed E-state index contributed by atoms with van der Waals surface area (Å²) in [5.41, 5.74) is 1.04. The van der Waals surface area contributed by atoms with Gasteiger partial charge in [-0.2, -0.15) is 0 Å². The van der Waals surface area contributed by atoms with Gasteiger partial charge in [0.15, 0.2) is 0 Å². The molecule has 0 spiro atoms. The van der Waals surface area contributed by atoms with E-state index < -0.39 is 0 Å². The highest BCUT2D eigenvalue weighted by molar-refractivity contribution is 7.09. The Balaban J connectivity index is 2.90. The molecule has 0 saturated heterocycles. The van der Waals surface area contributed by atoms with Crippen LogP contribution in [0, 0.1) is 12.8 Å². The zero-order valence-electron chi connectivity index (χ0n) is 14.4. The van der Waals surface area contributed by atoms with E-state index in [9.17, 15) is 4.79 Å². The molecule has 0 amide bonds. The maximum Gasteiger partial charge on any atom is 0.293 e. The summed E-state index contributed by atoms with van der Waals surface area (Å²) in [5.74, 6) is 0.437. The van der Waals surface area contributed by atoms with Crippen LogP contribution in [-0.2, 0) is 9.53 Å². The molecule has 1 rings (SSSR count). The fourth-order valence-electron chi connectivity index (χ4n) is 2.66. The lowest BCUT2D eigenvalue weighted by molar-refractivity contribution is 0.0340. The smallest absolute Gasteiger partial charge is 0.293 e. The van der Waals surface area contributed by atoms with Crippen LogP contribution in [0.5, 0.6) is 0 Å². The van der Waals surface area contributed by atoms with Crippen molar-refractivity contribution in [2.24, 2.45) is 5.92 Å². The lowest BCUT2D eigenvalue weighted by Gasteiger charge is -2.35. The van der Waals surface area contributed by atoms with Gasteiger partial charge in [0.2, 0.25) is 0 Å². The van der Waals surface area contributed by atoms with Crippen LogP contribution >= 0.6 is 11.3 Å². The number of aryl methyl sites for hydroxylation is 1. The fraction of sp³-hybridized carbons (Fsp3) is 0.750. The van der Waals surface area contributed by atoms with Gasteiger partial charge < -0.3 is 14.3 Å². The van der Waals surface area contributed by atoms with Crippen LogP contribution in [0.3, 0.4) is 0 Å². The molecule has 0 aromatic carbocycles. The first-order valence-electron chi connectivity index (χ1n) is 8.11. The molecular weight excluding hydrogens is 295 g/mol. The van der Waals surface area contributed by atoms with Gasteiger partial charge in [0, 0.05) is 23.7 Å². The second-order valence-electron chi connectivity index (χ2n) is 5.84. The molecule has 22 heavy (non-hydrogen) atoms. The van der Waals surface area contributed by atoms with Crippen LogP contribution in [0.15, 0.2) is 5.38 Å². The number of carbonyl (C=O) groups excluding carboxylic acids is 1. The van der Waals surface area contributed by atoms with E-state index in [2.05, 4.69) is 35.9 Å². The largest absolute Gasteiger partial charge is 0.371 e. The molecule has 1 aromatic heterocycles. The van der Waals surface area contributed by atoms with E-state index in [4.69, 9.17) is 4.74 Å². The zero-order chi connectivity index (χ0) is 16.5. The summed E-state index contributed by atoms with van der Waals surface area (Å²) in [6.45, 7) is 12.1. The quantitative estimate of drug-likeness (QED) is 0.462. The molecule has 2 atom stereocenters. The number of ether oxygens (including phenoxy) is 1. The van der Waals surface area contributed by atoms with Crippen molar-refractivity contribution in [3.8, 4) is 0 Å². The van der Waals surface area contributed by atoms with E-state index in [1.807, 2.05) is 13.8 Å². The van der Waals surface area contributed by atoms with Gasteiger partial charge in [0.1, 0.15) is 11.1 Å². The van der Waals surface area contributed by atoms with Crippen molar-refractivity contribution >= 4 is 24.9 Å². The molecule has 0 saturated carbocycles. The number of hydrogen-bond acceptors (Lipinski definition) is 5. The number of carbonyl (C=O) groups is 1. The molecule has 0 aliphatic carbocycles. The second-order valence-corrected chi connectivity index (χ2v) is 6.73. The Labute approximate surface area is 139 Å². The van der Waals surface area contributed by atoms with Crippen molar-refractivity contribution in [1.29, 1.82) is 0 Å². The van der Waals surface area contributed by atoms with E-state index in [1.165, 1.54) is 0 Å². The minimum Gasteiger partial charge on any atom is -0.371 e. The number of thiazole rings is 1. The van der Waals surface area contributed by atoms with E-state index in [0.29, 0.717) is 12.5 Å². The van der Waals surface area contributed by atoms with Gasteiger partial charge in [0.25, 0.3) is 7.41 Å². The standard InChI is InChI=1S/C16H28BN2O2S/c1-6-8-19(17-11-20)14(12(3)4)9-15(21-7-2)16-18-13(5)10-22-16/h10-12,14-15H,6-9H2,1-5H3/t14-,15-/m0/s1. The van der Waals surface area contributed by atoms with Crippen molar-refractivity contribution < 1.29 is 9.53 Å². The average Bonchev–Trinajstić information content (AvgIpc) is 2.89. The van der Waals surface area contributed by atoms with Gasteiger partial charge >= 0.3 is 0 Å². The monoisotopic (exact) mass is 323 g/mol. The Bertz CT molecular complexity index is 440. The molecule has 0 aliphatic rings. The lowest BCUT2D eigenvalue weighted by Crippen LogP contribution is -2.43. The molecule has 6 heteroatoms. The summed E-state index contributed by atoms with van der Waals surface area (Å²) < 4.78 is 5.95. The summed E-state index contributed by atoms with van der Waals surface area (Å²) in [6.07, 6.45) is 2.75. The highest BCUT2D eigenvalue weighted by atomic mass is 32.1. The molecule has 1 radical (unpaired) electrons. The molecule has 1 aromatic rings. The second kappa shape index (κ2) is 10.1. The van der Waals surface area contributed by atoms with Crippen molar-refractivity contribution in [3.63, 3.8) is 0 Å². The third kappa shape index (κ3) is 5.82. The minimum atomic E-state index is -0.00416. The molecule has 123 valence electrons. The first kappa shape index (κ1) is 19.3. The number of rotatable bonds is 11. The lowest BCUT2D eigenvalue weighted by atomic mass is 9.85. The third-order valence-electron chi connectivity index (χ3n) is 3.67. The Hall–Kier alpha value is -0.715. The maximum atomic E-state index is 11.0. The summed E-state index contributed by atoms with van der Waals surface area (Å²) in [4.78, 5) is 17.7. The molecule has 1 heterocycles. The SMILES string of the molecule is CCCN([B]C=O)[C@@H](C[C@H](OCC)c1nc(C)cs1)C(C)C. The zero-order valence-corrected chi connectivity index (χ0v) is 15.2. The van der Waals surface area contributed by atoms with Crippen molar-refractivity contribution in [2.45, 2.75) is 59.6 Å². The van der Waals surface area contributed by atoms with E-state index >= 15 is 0 Å². The van der Waals surface area contributed by atoms with E-state index in [0.717, 1.165) is 36.3 Å². The van der Waals surface area contributed by atoms with Gasteiger partial charge in [0.05, 0.1) is 6.19 Å². The van der Waals surface area contributed by atoms with Crippen LogP contribution in [0.25, 0.3) is 0 Å². The van der Waals surface area contributed by atoms with Gasteiger partial charge in [-0.25, -0.2) is 4.98 Å². The third-order valence-corrected chi connectivity index (χ3v) is 4.72. The average molecular weight is 323 g/mol. The molecular formula is C16H28BN2O2S. The van der Waals surface area contributed by atoms with Gasteiger partial charge in [-0.15, -0.1) is 11.3 Å². The molecule has 0 aliphatic heterocycles. The molecule has 0 bridgehead atoms. The van der Waals surface area contributed by atoms with Gasteiger partial charge in [-0.1, -0.05) is 20.8 Å². The van der Waals surface area contributed by atoms with E-state index in [-0.39, 0.29) is 12.1 Å². The van der Waals surface area contributed by atoms with Crippen LogP contribution in [0.1, 0.15) is 57.3 Å². The number of aromatic nitrogens is 1.